The van der Waals surface area contributed by atoms with Crippen LogP contribution in [0.2, 0.25) is 0 Å². The van der Waals surface area contributed by atoms with Gasteiger partial charge in [0, 0.05) is 6.54 Å². The molecule has 0 aromatic carbocycles. The second-order valence-electron chi connectivity index (χ2n) is 2.96. The molecule has 4 N–H and O–H groups in total. The number of fused-ring (bicyclic) bond motifs is 1. The molecule has 2 aliphatic heterocycles. The maximum absolute atomic E-state index is 10.8. The Morgan fingerprint density at radius 1 is 1.85 bits per heavy atom. The summed E-state index contributed by atoms with van der Waals surface area (Å²) in [5, 5.41) is 11.7. The Morgan fingerprint density at radius 2 is 2.62 bits per heavy atom. The van der Waals surface area contributed by atoms with Crippen LogP contribution in [0.25, 0.3) is 0 Å². The quantitative estimate of drug-likeness (QED) is 0.425. The summed E-state index contributed by atoms with van der Waals surface area (Å²) in [5.41, 5.74) is 5.44. The zero-order chi connectivity index (χ0) is 9.42. The van der Waals surface area contributed by atoms with Crippen LogP contribution in [0, 0.1) is 0 Å². The van der Waals surface area contributed by atoms with Crippen LogP contribution in [0.1, 0.15) is 0 Å². The van der Waals surface area contributed by atoms with Crippen molar-refractivity contribution in [1.29, 1.82) is 0 Å². The average molecular weight is 182 g/mol. The first-order valence-corrected chi connectivity index (χ1v) is 3.94. The van der Waals surface area contributed by atoms with Gasteiger partial charge in [-0.3, -0.25) is 4.90 Å². The van der Waals surface area contributed by atoms with Crippen LogP contribution in [0.15, 0.2) is 17.1 Å². The molecule has 2 heterocycles. The number of carbonyl (C=O) groups is 1. The molecule has 2 unspecified atom stereocenters. The van der Waals surface area contributed by atoms with Crippen LogP contribution >= 0.6 is 0 Å². The number of nitrogens with two attached hydrogens (primary N) is 1. The Kier molecular flexibility index (Phi) is 1.61. The number of nitrogens with one attached hydrogen (secondary N) is 1. The number of carboxylic acid groups (broad SMARTS) is 1. The second-order valence-corrected chi connectivity index (χ2v) is 2.96. The molecule has 0 spiro atoms. The third kappa shape index (κ3) is 1.20. The minimum absolute atomic E-state index is 0.107. The van der Waals surface area contributed by atoms with Crippen molar-refractivity contribution in [3.05, 3.63) is 12.2 Å². The predicted molar refractivity (Wildman–Crippen MR) is 46.2 cm³/mol. The Bertz CT molecular complexity index is 299. The highest BCUT2D eigenvalue weighted by Gasteiger charge is 2.35. The van der Waals surface area contributed by atoms with E-state index in [1.807, 2.05) is 6.08 Å². The fourth-order valence-corrected chi connectivity index (χ4v) is 1.54. The Balaban J connectivity index is 2.24. The van der Waals surface area contributed by atoms with E-state index in [1.165, 1.54) is 4.90 Å². The highest BCUT2D eigenvalue weighted by Crippen LogP contribution is 2.16. The van der Waals surface area contributed by atoms with Crippen molar-refractivity contribution in [2.45, 2.75) is 12.2 Å². The zero-order valence-corrected chi connectivity index (χ0v) is 6.84. The minimum Gasteiger partial charge on any atom is -0.465 e. The normalized spacial score (nSPS) is 30.8. The van der Waals surface area contributed by atoms with Gasteiger partial charge < -0.3 is 16.2 Å². The average Bonchev–Trinajstić information content (AvgIpc) is 2.43. The van der Waals surface area contributed by atoms with Crippen molar-refractivity contribution in [3.8, 4) is 0 Å². The molecule has 0 aliphatic carbocycles. The lowest BCUT2D eigenvalue weighted by atomic mass is 10.1. The molecule has 6 heteroatoms. The number of aliphatic imine (C=N–C) groups is 1. The number of hydrogen-bond acceptors (Lipinski definition) is 4. The van der Waals surface area contributed by atoms with Crippen molar-refractivity contribution in [2.75, 3.05) is 6.54 Å². The molecule has 0 saturated heterocycles. The van der Waals surface area contributed by atoms with E-state index >= 15 is 0 Å². The van der Waals surface area contributed by atoms with Gasteiger partial charge in [-0.2, -0.15) is 0 Å². The summed E-state index contributed by atoms with van der Waals surface area (Å²) in [6.07, 6.45) is 2.30. The highest BCUT2D eigenvalue weighted by molar-refractivity contribution is 5.81. The van der Waals surface area contributed by atoms with Crippen LogP contribution in [0.5, 0.6) is 0 Å². The largest absolute Gasteiger partial charge is 0.465 e. The van der Waals surface area contributed by atoms with Crippen LogP contribution < -0.4 is 11.1 Å². The summed E-state index contributed by atoms with van der Waals surface area (Å²) in [7, 11) is 0. The molecular weight excluding hydrogens is 172 g/mol. The van der Waals surface area contributed by atoms with Crippen molar-refractivity contribution in [2.24, 2.45) is 10.7 Å². The summed E-state index contributed by atoms with van der Waals surface area (Å²) in [4.78, 5) is 16.0. The molecule has 0 saturated carbocycles. The fourth-order valence-electron chi connectivity index (χ4n) is 1.54. The van der Waals surface area contributed by atoms with Gasteiger partial charge in [-0.25, -0.2) is 9.79 Å². The van der Waals surface area contributed by atoms with E-state index in [0.717, 1.165) is 0 Å². The van der Waals surface area contributed by atoms with Crippen LogP contribution in [0.3, 0.4) is 0 Å². The van der Waals surface area contributed by atoms with E-state index < -0.39 is 12.3 Å². The molecule has 0 radical (unpaired) electrons. The van der Waals surface area contributed by atoms with Crippen molar-refractivity contribution >= 4 is 12.1 Å². The molecule has 6 nitrogen and oxygen atoms in total. The first-order chi connectivity index (χ1) is 6.18. The molecule has 0 aromatic heterocycles. The Hall–Kier alpha value is -1.72. The lowest BCUT2D eigenvalue weighted by Crippen LogP contribution is -2.49. The van der Waals surface area contributed by atoms with Crippen molar-refractivity contribution < 1.29 is 9.90 Å². The summed E-state index contributed by atoms with van der Waals surface area (Å²) in [6.45, 7) is 0.370. The topological polar surface area (TPSA) is 91.0 Å². The van der Waals surface area contributed by atoms with Gasteiger partial charge in [-0.15, -0.1) is 0 Å². The van der Waals surface area contributed by atoms with Gasteiger partial charge in [0.1, 0.15) is 0 Å². The van der Waals surface area contributed by atoms with Crippen LogP contribution in [-0.4, -0.2) is 40.8 Å². The van der Waals surface area contributed by atoms with E-state index in [1.54, 1.807) is 6.08 Å². The smallest absolute Gasteiger partial charge is 0.409 e. The third-order valence-electron chi connectivity index (χ3n) is 2.12. The number of hydrogen-bond donors (Lipinski definition) is 3. The van der Waals surface area contributed by atoms with Gasteiger partial charge in [-0.1, -0.05) is 12.2 Å². The summed E-state index contributed by atoms with van der Waals surface area (Å²) in [5.74, 6) is 0.299. The number of rotatable bonds is 0. The maximum Gasteiger partial charge on any atom is 0.409 e. The van der Waals surface area contributed by atoms with E-state index in [9.17, 15) is 4.79 Å². The highest BCUT2D eigenvalue weighted by atomic mass is 16.4. The van der Waals surface area contributed by atoms with Gasteiger partial charge in [0.2, 0.25) is 0 Å². The lowest BCUT2D eigenvalue weighted by molar-refractivity contribution is 0.127. The number of amides is 1. The van der Waals surface area contributed by atoms with Crippen LogP contribution in [0.4, 0.5) is 4.79 Å². The number of nitrogens with zero attached hydrogens (tertiary/aromatic N) is 2. The Labute approximate surface area is 74.7 Å². The van der Waals surface area contributed by atoms with E-state index in [-0.39, 0.29) is 6.04 Å². The maximum atomic E-state index is 10.8. The lowest BCUT2D eigenvalue weighted by Gasteiger charge is -2.29. The first-order valence-electron chi connectivity index (χ1n) is 3.94. The molecule has 0 bridgehead atoms. The van der Waals surface area contributed by atoms with Crippen molar-refractivity contribution in [1.82, 2.24) is 10.2 Å². The molecule has 70 valence electrons. The monoisotopic (exact) mass is 182 g/mol. The first kappa shape index (κ1) is 7.90. The van der Waals surface area contributed by atoms with Gasteiger partial charge in [0.25, 0.3) is 0 Å². The van der Waals surface area contributed by atoms with Gasteiger partial charge in [0.15, 0.2) is 12.1 Å². The molecule has 2 aliphatic rings. The van der Waals surface area contributed by atoms with Gasteiger partial charge >= 0.3 is 6.09 Å². The van der Waals surface area contributed by atoms with E-state index in [0.29, 0.717) is 12.5 Å². The molecule has 13 heavy (non-hydrogen) atoms. The molecule has 2 rings (SSSR count). The number of guanidine groups is 1. The Morgan fingerprint density at radius 3 is 3.31 bits per heavy atom. The fraction of sp³-hybridized carbons (Fsp3) is 0.429. The molecular formula is C7H10N4O2. The van der Waals surface area contributed by atoms with Crippen molar-refractivity contribution in [3.63, 3.8) is 0 Å². The summed E-state index contributed by atoms with van der Waals surface area (Å²) < 4.78 is 0. The van der Waals surface area contributed by atoms with E-state index in [2.05, 4.69) is 10.3 Å². The molecule has 0 aromatic rings. The summed E-state index contributed by atoms with van der Waals surface area (Å²) in [6, 6.07) is -0.107. The van der Waals surface area contributed by atoms with Crippen LogP contribution in [-0.2, 0) is 0 Å². The standard InChI is InChI=1S/C7H10N4O2/c8-6-9-4-2-1-3-11(7(12)13)5(4)10-6/h1-2,4-5H,3H2,(H,12,13)(H3,8,9,10). The second kappa shape index (κ2) is 2.65. The summed E-state index contributed by atoms with van der Waals surface area (Å²) >= 11 is 0. The van der Waals surface area contributed by atoms with Gasteiger partial charge in [0.05, 0.1) is 6.04 Å². The SMILES string of the molecule is NC1=NC2C(C=CCN2C(=O)O)N1. The third-order valence-corrected chi connectivity index (χ3v) is 2.12. The molecule has 0 fully saturated rings. The molecule has 2 atom stereocenters. The van der Waals surface area contributed by atoms with Gasteiger partial charge in [-0.05, 0) is 0 Å². The predicted octanol–water partition coefficient (Wildman–Crippen LogP) is -0.851. The van der Waals surface area contributed by atoms with E-state index in [4.69, 9.17) is 10.8 Å². The minimum atomic E-state index is -0.973. The molecule has 1 amide bonds. The zero-order valence-electron chi connectivity index (χ0n) is 6.84.